The third-order valence-corrected chi connectivity index (χ3v) is 4.58. The predicted molar refractivity (Wildman–Crippen MR) is 80.4 cm³/mol. The van der Waals surface area contributed by atoms with Gasteiger partial charge in [0.25, 0.3) is 0 Å². The third-order valence-electron chi connectivity index (χ3n) is 4.34. The van der Waals surface area contributed by atoms with E-state index in [1.807, 2.05) is 36.4 Å². The van der Waals surface area contributed by atoms with Crippen LogP contribution in [0.25, 0.3) is 0 Å². The molecule has 3 heteroatoms. The predicted octanol–water partition coefficient (Wildman–Crippen LogP) is 4.08. The topological polar surface area (TPSA) is 20.3 Å². The number of hydrogen-bond donors (Lipinski definition) is 0. The largest absolute Gasteiger partial charge is 0.353 e. The summed E-state index contributed by atoms with van der Waals surface area (Å²) in [5.74, 6) is 0.242. The van der Waals surface area contributed by atoms with Crippen molar-refractivity contribution in [3.8, 4) is 0 Å². The molecule has 1 spiro atoms. The average molecular weight is 284 g/mol. The number of ketones is 1. The number of benzene rings is 2. The number of carbonyl (C=O) groups is 1. The van der Waals surface area contributed by atoms with Crippen LogP contribution in [0.15, 0.2) is 48.5 Å². The van der Waals surface area contributed by atoms with Crippen LogP contribution in [0, 0.1) is 0 Å². The molecule has 0 unspecified atom stereocenters. The molecule has 1 heterocycles. The van der Waals surface area contributed by atoms with Crippen LogP contribution in [0.1, 0.15) is 28.8 Å². The summed E-state index contributed by atoms with van der Waals surface area (Å²) < 4.78 is 0. The molecule has 2 aromatic rings. The van der Waals surface area contributed by atoms with Gasteiger partial charge in [-0.25, -0.2) is 0 Å². The van der Waals surface area contributed by atoms with E-state index in [0.717, 1.165) is 30.6 Å². The minimum Gasteiger partial charge on any atom is -0.353 e. The van der Waals surface area contributed by atoms with Crippen LogP contribution in [0.4, 0.5) is 5.69 Å². The van der Waals surface area contributed by atoms with Gasteiger partial charge in [-0.3, -0.25) is 4.79 Å². The van der Waals surface area contributed by atoms with Crippen molar-refractivity contribution >= 4 is 23.1 Å². The molecule has 1 aliphatic carbocycles. The zero-order chi connectivity index (χ0) is 13.7. The third kappa shape index (κ3) is 1.61. The van der Waals surface area contributed by atoms with E-state index in [4.69, 9.17) is 11.6 Å². The molecule has 0 amide bonds. The fourth-order valence-corrected chi connectivity index (χ4v) is 3.32. The first-order valence-electron chi connectivity index (χ1n) is 6.87. The van der Waals surface area contributed by atoms with Crippen LogP contribution in [0.5, 0.6) is 0 Å². The number of fused-ring (bicyclic) bond motifs is 1. The Labute approximate surface area is 123 Å². The van der Waals surface area contributed by atoms with Crippen molar-refractivity contribution in [2.24, 2.45) is 0 Å². The van der Waals surface area contributed by atoms with Gasteiger partial charge in [0, 0.05) is 22.8 Å². The molecule has 0 N–H and O–H groups in total. The van der Waals surface area contributed by atoms with Crippen LogP contribution in [0.2, 0.25) is 5.02 Å². The molecule has 1 fully saturated rings. The van der Waals surface area contributed by atoms with E-state index in [2.05, 4.69) is 17.0 Å². The maximum absolute atomic E-state index is 12.6. The van der Waals surface area contributed by atoms with Crippen molar-refractivity contribution in [1.82, 2.24) is 0 Å². The Bertz CT molecular complexity index is 691. The van der Waals surface area contributed by atoms with Crippen molar-refractivity contribution in [1.29, 1.82) is 0 Å². The molecule has 0 radical (unpaired) electrons. The molecule has 0 aromatic heterocycles. The van der Waals surface area contributed by atoms with E-state index in [-0.39, 0.29) is 11.3 Å². The van der Waals surface area contributed by atoms with Crippen LogP contribution >= 0.6 is 11.6 Å². The van der Waals surface area contributed by atoms with Crippen LogP contribution in [-0.2, 0) is 6.54 Å². The lowest BCUT2D eigenvalue weighted by atomic mass is 10.1. The van der Waals surface area contributed by atoms with E-state index in [1.54, 1.807) is 0 Å². The number of halogens is 1. The van der Waals surface area contributed by atoms with Gasteiger partial charge in [0.15, 0.2) is 5.78 Å². The first kappa shape index (κ1) is 12.0. The standard InChI is InChI=1S/C17H14ClNO/c18-13-6-7-15-14(10-13)16(20)17(8-9-17)19(15)11-12-4-2-1-3-5-12/h1-7,10H,8-9,11H2. The molecule has 0 atom stereocenters. The lowest BCUT2D eigenvalue weighted by Crippen LogP contribution is -2.37. The first-order chi connectivity index (χ1) is 9.71. The summed E-state index contributed by atoms with van der Waals surface area (Å²) in [6, 6.07) is 16.0. The summed E-state index contributed by atoms with van der Waals surface area (Å²) in [7, 11) is 0. The van der Waals surface area contributed by atoms with E-state index in [0.29, 0.717) is 5.02 Å². The Kier molecular flexibility index (Phi) is 2.45. The summed E-state index contributed by atoms with van der Waals surface area (Å²) in [4.78, 5) is 14.9. The normalized spacial score (nSPS) is 18.4. The Hall–Kier alpha value is -1.80. The second-order valence-electron chi connectivity index (χ2n) is 5.59. The molecule has 1 saturated carbocycles. The lowest BCUT2D eigenvalue weighted by molar-refractivity contribution is 0.0958. The van der Waals surface area contributed by atoms with Gasteiger partial charge in [0.2, 0.25) is 0 Å². The van der Waals surface area contributed by atoms with Gasteiger partial charge in [-0.1, -0.05) is 41.9 Å². The van der Waals surface area contributed by atoms with E-state index >= 15 is 0 Å². The fraction of sp³-hybridized carbons (Fsp3) is 0.235. The van der Waals surface area contributed by atoms with Crippen LogP contribution in [-0.4, -0.2) is 11.3 Å². The SMILES string of the molecule is O=C1c2cc(Cl)ccc2N(Cc2ccccc2)C12CC2. The number of hydrogen-bond acceptors (Lipinski definition) is 2. The van der Waals surface area contributed by atoms with Gasteiger partial charge in [0.1, 0.15) is 5.54 Å². The van der Waals surface area contributed by atoms with Gasteiger partial charge in [-0.2, -0.15) is 0 Å². The van der Waals surface area contributed by atoms with Crippen LogP contribution in [0.3, 0.4) is 0 Å². The smallest absolute Gasteiger partial charge is 0.190 e. The average Bonchev–Trinajstić information content (AvgIpc) is 3.23. The Morgan fingerprint density at radius 1 is 1.10 bits per heavy atom. The lowest BCUT2D eigenvalue weighted by Gasteiger charge is -2.26. The number of carbonyl (C=O) groups excluding carboxylic acids is 1. The number of Topliss-reactive ketones (excluding diaryl/α,β-unsaturated/α-hetero) is 1. The minimum atomic E-state index is -0.289. The molecule has 2 aromatic carbocycles. The monoisotopic (exact) mass is 283 g/mol. The molecule has 100 valence electrons. The van der Waals surface area contributed by atoms with E-state index in [9.17, 15) is 4.79 Å². The second kappa shape index (κ2) is 4.10. The second-order valence-corrected chi connectivity index (χ2v) is 6.03. The van der Waals surface area contributed by atoms with Crippen LogP contribution < -0.4 is 4.90 Å². The molecule has 20 heavy (non-hydrogen) atoms. The zero-order valence-corrected chi connectivity index (χ0v) is 11.7. The van der Waals surface area contributed by atoms with Crippen molar-refractivity contribution in [3.63, 3.8) is 0 Å². The summed E-state index contributed by atoms with van der Waals surface area (Å²) in [5, 5.41) is 0.634. The van der Waals surface area contributed by atoms with Gasteiger partial charge < -0.3 is 4.90 Å². The fourth-order valence-electron chi connectivity index (χ4n) is 3.15. The molecule has 2 aliphatic rings. The highest BCUT2D eigenvalue weighted by Crippen LogP contribution is 2.53. The summed E-state index contributed by atoms with van der Waals surface area (Å²) in [6.07, 6.45) is 1.90. The van der Waals surface area contributed by atoms with E-state index < -0.39 is 0 Å². The van der Waals surface area contributed by atoms with E-state index in [1.165, 1.54) is 5.56 Å². The van der Waals surface area contributed by atoms with Crippen molar-refractivity contribution in [2.45, 2.75) is 24.9 Å². The van der Waals surface area contributed by atoms with Crippen molar-refractivity contribution < 1.29 is 4.79 Å². The van der Waals surface area contributed by atoms with Gasteiger partial charge in [-0.05, 0) is 36.6 Å². The summed E-state index contributed by atoms with van der Waals surface area (Å²) >= 11 is 6.04. The molecule has 4 rings (SSSR count). The Morgan fingerprint density at radius 3 is 2.55 bits per heavy atom. The molecular formula is C17H14ClNO. The molecule has 1 aliphatic heterocycles. The van der Waals surface area contributed by atoms with Crippen molar-refractivity contribution in [2.75, 3.05) is 4.90 Å². The number of nitrogens with zero attached hydrogens (tertiary/aromatic N) is 1. The zero-order valence-electron chi connectivity index (χ0n) is 11.0. The number of rotatable bonds is 2. The Morgan fingerprint density at radius 2 is 1.85 bits per heavy atom. The Balaban J connectivity index is 1.78. The van der Waals surface area contributed by atoms with Crippen molar-refractivity contribution in [3.05, 3.63) is 64.7 Å². The molecular weight excluding hydrogens is 270 g/mol. The van der Waals surface area contributed by atoms with Gasteiger partial charge in [-0.15, -0.1) is 0 Å². The molecule has 0 bridgehead atoms. The maximum Gasteiger partial charge on any atom is 0.190 e. The number of anilines is 1. The van der Waals surface area contributed by atoms with Gasteiger partial charge in [0.05, 0.1) is 0 Å². The van der Waals surface area contributed by atoms with Gasteiger partial charge >= 0.3 is 0 Å². The quantitative estimate of drug-likeness (QED) is 0.828. The highest BCUT2D eigenvalue weighted by atomic mass is 35.5. The molecule has 0 saturated heterocycles. The highest BCUT2D eigenvalue weighted by molar-refractivity contribution is 6.31. The molecule has 2 nitrogen and oxygen atoms in total. The maximum atomic E-state index is 12.6. The summed E-state index contributed by atoms with van der Waals surface area (Å²) in [5.41, 5.74) is 2.75. The minimum absolute atomic E-state index is 0.242. The highest BCUT2D eigenvalue weighted by Gasteiger charge is 2.59. The first-order valence-corrected chi connectivity index (χ1v) is 7.24. The summed E-state index contributed by atoms with van der Waals surface area (Å²) in [6.45, 7) is 0.779.